The molecule has 0 saturated carbocycles. The molecule has 6 heteroatoms. The van der Waals surface area contributed by atoms with Crippen LogP contribution in [0.25, 0.3) is 5.57 Å². The van der Waals surface area contributed by atoms with Crippen molar-refractivity contribution in [3.63, 3.8) is 0 Å². The Kier molecular flexibility index (Phi) is 7.89. The molecule has 0 fully saturated rings. The summed E-state index contributed by atoms with van der Waals surface area (Å²) in [5, 5.41) is 6.16. The summed E-state index contributed by atoms with van der Waals surface area (Å²) in [5.74, 6) is 1.45. The predicted octanol–water partition coefficient (Wildman–Crippen LogP) is 3.07. The lowest BCUT2D eigenvalue weighted by Gasteiger charge is -2.30. The normalized spacial score (nSPS) is 14.1. The van der Waals surface area contributed by atoms with Gasteiger partial charge in [0.25, 0.3) is 5.91 Å². The average molecular weight is 407 g/mol. The topological polar surface area (TPSA) is 66.0 Å². The Morgan fingerprint density at radius 3 is 2.67 bits per heavy atom. The first-order chi connectivity index (χ1) is 14.7. The van der Waals surface area contributed by atoms with Crippen molar-refractivity contribution in [1.82, 2.24) is 15.5 Å². The molecule has 2 aromatic carbocycles. The van der Waals surface area contributed by atoms with Crippen LogP contribution in [0.15, 0.2) is 65.7 Å². The molecular formula is C24H30N4O2. The van der Waals surface area contributed by atoms with E-state index in [2.05, 4.69) is 50.9 Å². The summed E-state index contributed by atoms with van der Waals surface area (Å²) >= 11 is 0. The van der Waals surface area contributed by atoms with E-state index >= 15 is 0 Å². The second-order valence-corrected chi connectivity index (χ2v) is 7.08. The van der Waals surface area contributed by atoms with E-state index in [4.69, 9.17) is 4.74 Å². The average Bonchev–Trinajstić information content (AvgIpc) is 2.80. The van der Waals surface area contributed by atoms with E-state index in [1.54, 1.807) is 0 Å². The van der Waals surface area contributed by atoms with E-state index in [1.807, 2.05) is 44.3 Å². The van der Waals surface area contributed by atoms with Gasteiger partial charge in [-0.25, -0.2) is 0 Å². The molecule has 1 aliphatic rings. The summed E-state index contributed by atoms with van der Waals surface area (Å²) in [4.78, 5) is 18.3. The highest BCUT2D eigenvalue weighted by atomic mass is 16.5. The minimum absolute atomic E-state index is 0.0241. The van der Waals surface area contributed by atoms with Gasteiger partial charge in [0.15, 0.2) is 12.6 Å². The van der Waals surface area contributed by atoms with Crippen molar-refractivity contribution in [3.8, 4) is 5.75 Å². The monoisotopic (exact) mass is 406 g/mol. The van der Waals surface area contributed by atoms with Crippen molar-refractivity contribution in [1.29, 1.82) is 0 Å². The van der Waals surface area contributed by atoms with Gasteiger partial charge in [0.2, 0.25) is 0 Å². The number of hydrogen-bond acceptors (Lipinski definition) is 3. The molecule has 6 nitrogen and oxygen atoms in total. The van der Waals surface area contributed by atoms with Crippen LogP contribution >= 0.6 is 0 Å². The van der Waals surface area contributed by atoms with Crippen LogP contribution in [0.2, 0.25) is 0 Å². The number of aliphatic imine (C=N–C) groups is 1. The van der Waals surface area contributed by atoms with Gasteiger partial charge in [-0.15, -0.1) is 0 Å². The number of carbonyl (C=O) groups is 1. The maximum atomic E-state index is 11.6. The smallest absolute Gasteiger partial charge is 0.257 e. The Bertz CT molecular complexity index is 893. The standard InChI is InChI=1S/C24H30N4O2/c1-3-26-23(29)18-30-22-11-7-8-19(16-22)17-27-24(25-2)28-14-12-21(13-15-28)20-9-5-4-6-10-20/h4-12,16H,3,13-15,17-18H2,1-2H3,(H,25,27)(H,26,29). The van der Waals surface area contributed by atoms with Gasteiger partial charge in [-0.05, 0) is 42.2 Å². The Balaban J connectivity index is 1.53. The van der Waals surface area contributed by atoms with Crippen molar-refractivity contribution in [3.05, 3.63) is 71.8 Å². The highest BCUT2D eigenvalue weighted by Gasteiger charge is 2.16. The maximum absolute atomic E-state index is 11.6. The van der Waals surface area contributed by atoms with Crippen molar-refractivity contribution in [2.75, 3.05) is 33.3 Å². The highest BCUT2D eigenvalue weighted by Crippen LogP contribution is 2.22. The largest absolute Gasteiger partial charge is 0.484 e. The fraction of sp³-hybridized carbons (Fsp3) is 0.333. The summed E-state index contributed by atoms with van der Waals surface area (Å²) in [7, 11) is 1.81. The second-order valence-electron chi connectivity index (χ2n) is 7.08. The van der Waals surface area contributed by atoms with E-state index in [9.17, 15) is 4.79 Å². The van der Waals surface area contributed by atoms with Gasteiger partial charge in [-0.2, -0.15) is 0 Å². The fourth-order valence-electron chi connectivity index (χ4n) is 3.43. The Labute approximate surface area is 178 Å². The molecule has 30 heavy (non-hydrogen) atoms. The molecule has 2 N–H and O–H groups in total. The summed E-state index contributed by atoms with van der Waals surface area (Å²) in [6.45, 7) is 4.91. The lowest BCUT2D eigenvalue weighted by atomic mass is 10.00. The molecule has 1 amide bonds. The number of amides is 1. The zero-order valence-electron chi connectivity index (χ0n) is 17.7. The van der Waals surface area contributed by atoms with Gasteiger partial charge in [0.05, 0.1) is 0 Å². The minimum Gasteiger partial charge on any atom is -0.484 e. The third kappa shape index (κ3) is 6.11. The molecule has 0 saturated heterocycles. The molecule has 0 bridgehead atoms. The van der Waals surface area contributed by atoms with Crippen LogP contribution in [0.5, 0.6) is 5.75 Å². The predicted molar refractivity (Wildman–Crippen MR) is 121 cm³/mol. The molecule has 0 aromatic heterocycles. The van der Waals surface area contributed by atoms with Gasteiger partial charge in [0, 0.05) is 33.2 Å². The van der Waals surface area contributed by atoms with Crippen LogP contribution in [0.3, 0.4) is 0 Å². The van der Waals surface area contributed by atoms with Gasteiger partial charge < -0.3 is 20.3 Å². The first-order valence-corrected chi connectivity index (χ1v) is 10.4. The number of nitrogens with zero attached hydrogens (tertiary/aromatic N) is 2. The zero-order valence-corrected chi connectivity index (χ0v) is 17.7. The number of carbonyl (C=O) groups excluding carboxylic acids is 1. The third-order valence-corrected chi connectivity index (χ3v) is 4.96. The molecule has 0 radical (unpaired) electrons. The van der Waals surface area contributed by atoms with E-state index in [-0.39, 0.29) is 12.5 Å². The van der Waals surface area contributed by atoms with Crippen molar-refractivity contribution in [2.24, 2.45) is 4.99 Å². The van der Waals surface area contributed by atoms with E-state index in [0.29, 0.717) is 18.8 Å². The molecule has 1 heterocycles. The number of likely N-dealkylation sites (N-methyl/N-ethyl adjacent to an activating group) is 1. The van der Waals surface area contributed by atoms with Crippen LogP contribution in [0, 0.1) is 0 Å². The van der Waals surface area contributed by atoms with Gasteiger partial charge in [-0.3, -0.25) is 9.79 Å². The second kappa shape index (κ2) is 11.0. The van der Waals surface area contributed by atoms with E-state index in [0.717, 1.165) is 31.0 Å². The van der Waals surface area contributed by atoms with E-state index < -0.39 is 0 Å². The van der Waals surface area contributed by atoms with Crippen LogP contribution in [0.1, 0.15) is 24.5 Å². The van der Waals surface area contributed by atoms with Crippen molar-refractivity contribution >= 4 is 17.4 Å². The quantitative estimate of drug-likeness (QED) is 0.548. The number of hydrogen-bond donors (Lipinski definition) is 2. The first-order valence-electron chi connectivity index (χ1n) is 10.4. The van der Waals surface area contributed by atoms with Crippen LogP contribution < -0.4 is 15.4 Å². The summed E-state index contributed by atoms with van der Waals surface area (Å²) in [6, 6.07) is 18.3. The molecule has 158 valence electrons. The Hall–Kier alpha value is -3.28. The molecule has 0 atom stereocenters. The van der Waals surface area contributed by atoms with Crippen LogP contribution in [-0.4, -0.2) is 50.1 Å². The molecule has 3 rings (SSSR count). The van der Waals surface area contributed by atoms with Crippen molar-refractivity contribution < 1.29 is 9.53 Å². The molecule has 1 aliphatic heterocycles. The molecule has 0 aliphatic carbocycles. The van der Waals surface area contributed by atoms with Gasteiger partial charge in [0.1, 0.15) is 5.75 Å². The summed E-state index contributed by atoms with van der Waals surface area (Å²) < 4.78 is 5.58. The maximum Gasteiger partial charge on any atom is 0.257 e. The summed E-state index contributed by atoms with van der Waals surface area (Å²) in [6.07, 6.45) is 3.27. The number of guanidine groups is 1. The van der Waals surface area contributed by atoms with Crippen LogP contribution in [0.4, 0.5) is 0 Å². The molecule has 0 spiro atoms. The third-order valence-electron chi connectivity index (χ3n) is 4.96. The lowest BCUT2D eigenvalue weighted by Crippen LogP contribution is -2.43. The highest BCUT2D eigenvalue weighted by molar-refractivity contribution is 5.81. The van der Waals surface area contributed by atoms with Crippen molar-refractivity contribution in [2.45, 2.75) is 19.9 Å². The molecule has 2 aromatic rings. The molecular weight excluding hydrogens is 376 g/mol. The SMILES string of the molecule is CCNC(=O)COc1cccc(CNC(=NC)N2CC=C(c3ccccc3)CC2)c1. The Morgan fingerprint density at radius 2 is 1.97 bits per heavy atom. The lowest BCUT2D eigenvalue weighted by molar-refractivity contribution is -0.122. The van der Waals surface area contributed by atoms with Gasteiger partial charge in [-0.1, -0.05) is 48.5 Å². The molecule has 0 unspecified atom stereocenters. The number of ether oxygens (including phenoxy) is 1. The van der Waals surface area contributed by atoms with Crippen LogP contribution in [-0.2, 0) is 11.3 Å². The Morgan fingerprint density at radius 1 is 1.13 bits per heavy atom. The first kappa shape index (κ1) is 21.4. The minimum atomic E-state index is -0.116. The van der Waals surface area contributed by atoms with E-state index in [1.165, 1.54) is 11.1 Å². The zero-order chi connectivity index (χ0) is 21.2. The number of rotatable bonds is 7. The fourth-order valence-corrected chi connectivity index (χ4v) is 3.43. The number of benzene rings is 2. The summed E-state index contributed by atoms with van der Waals surface area (Å²) in [5.41, 5.74) is 3.76. The number of nitrogens with one attached hydrogen (secondary N) is 2. The van der Waals surface area contributed by atoms with Gasteiger partial charge >= 0.3 is 0 Å².